The van der Waals surface area contributed by atoms with Crippen LogP contribution in [0, 0.1) is 17.7 Å². The molecule has 3 N–H and O–H groups in total. The minimum atomic E-state index is -0.432. The molecule has 1 amide bonds. The van der Waals surface area contributed by atoms with Gasteiger partial charge in [-0.15, -0.1) is 0 Å². The molecule has 0 aliphatic heterocycles. The summed E-state index contributed by atoms with van der Waals surface area (Å²) in [6.45, 7) is 2.92. The molecule has 0 unspecified atom stereocenters. The molecule has 1 aromatic carbocycles. The third-order valence-corrected chi connectivity index (χ3v) is 2.74. The Morgan fingerprint density at radius 1 is 1.50 bits per heavy atom. The summed E-state index contributed by atoms with van der Waals surface area (Å²) in [6, 6.07) is 4.74. The maximum absolute atomic E-state index is 13.9. The second-order valence-electron chi connectivity index (χ2n) is 4.35. The first-order valence-corrected chi connectivity index (χ1v) is 6.45. The van der Waals surface area contributed by atoms with Crippen LogP contribution in [0.1, 0.15) is 24.5 Å². The van der Waals surface area contributed by atoms with Crippen LogP contribution < -0.4 is 5.73 Å². The molecule has 1 rings (SSSR count). The highest BCUT2D eigenvalue weighted by molar-refractivity contribution is 5.75. The summed E-state index contributed by atoms with van der Waals surface area (Å²) in [7, 11) is 0. The van der Waals surface area contributed by atoms with Crippen molar-refractivity contribution < 1.29 is 14.3 Å². The first kappa shape index (κ1) is 16.2. The Kier molecular flexibility index (Phi) is 6.71. The molecule has 0 saturated carbocycles. The monoisotopic (exact) mass is 278 g/mol. The first-order valence-electron chi connectivity index (χ1n) is 6.45. The zero-order chi connectivity index (χ0) is 15.0. The standard InChI is InChI=1S/C15H19FN2O2/c1-2-18(11-15(17)20)10-13-7-6-12(9-14(13)16)5-3-4-8-19/h6-7,9,19H,2,4,8,10-11H2,1H3,(H2,17,20). The van der Waals surface area contributed by atoms with Gasteiger partial charge in [0.15, 0.2) is 0 Å². The predicted octanol–water partition coefficient (Wildman–Crippen LogP) is 0.867. The van der Waals surface area contributed by atoms with Gasteiger partial charge in [0.25, 0.3) is 0 Å². The van der Waals surface area contributed by atoms with Gasteiger partial charge in [0.05, 0.1) is 13.2 Å². The van der Waals surface area contributed by atoms with E-state index >= 15 is 0 Å². The summed E-state index contributed by atoms with van der Waals surface area (Å²) in [6.07, 6.45) is 0.367. The second kappa shape index (κ2) is 8.31. The number of likely N-dealkylation sites (N-methyl/N-ethyl adjacent to an activating group) is 1. The number of hydrogen-bond acceptors (Lipinski definition) is 3. The molecule has 0 atom stereocenters. The average Bonchev–Trinajstić information content (AvgIpc) is 2.40. The van der Waals surface area contributed by atoms with E-state index in [0.29, 0.717) is 30.6 Å². The number of rotatable bonds is 6. The topological polar surface area (TPSA) is 66.6 Å². The molecule has 0 aliphatic rings. The van der Waals surface area contributed by atoms with Crippen molar-refractivity contribution in [3.05, 3.63) is 35.1 Å². The van der Waals surface area contributed by atoms with Crippen LogP contribution in [0.5, 0.6) is 0 Å². The quantitative estimate of drug-likeness (QED) is 0.759. The van der Waals surface area contributed by atoms with Crippen molar-refractivity contribution in [1.82, 2.24) is 4.90 Å². The smallest absolute Gasteiger partial charge is 0.231 e. The van der Waals surface area contributed by atoms with Crippen LogP contribution >= 0.6 is 0 Å². The van der Waals surface area contributed by atoms with Crippen LogP contribution in [0.25, 0.3) is 0 Å². The van der Waals surface area contributed by atoms with E-state index in [-0.39, 0.29) is 19.0 Å². The Morgan fingerprint density at radius 3 is 2.80 bits per heavy atom. The highest BCUT2D eigenvalue weighted by atomic mass is 19.1. The highest BCUT2D eigenvalue weighted by Crippen LogP contribution is 2.12. The molecule has 108 valence electrons. The van der Waals surface area contributed by atoms with Crippen molar-refractivity contribution >= 4 is 5.91 Å². The normalized spacial score (nSPS) is 10.2. The lowest BCUT2D eigenvalue weighted by Crippen LogP contribution is -2.33. The largest absolute Gasteiger partial charge is 0.395 e. The van der Waals surface area contributed by atoms with E-state index in [1.807, 2.05) is 6.92 Å². The van der Waals surface area contributed by atoms with E-state index in [1.165, 1.54) is 6.07 Å². The fourth-order valence-corrected chi connectivity index (χ4v) is 1.71. The summed E-state index contributed by atoms with van der Waals surface area (Å²) in [5.74, 6) is 4.72. The maximum atomic E-state index is 13.9. The van der Waals surface area contributed by atoms with E-state index in [0.717, 1.165) is 0 Å². The molecule has 1 aromatic rings. The van der Waals surface area contributed by atoms with Crippen LogP contribution in [-0.2, 0) is 11.3 Å². The van der Waals surface area contributed by atoms with E-state index < -0.39 is 5.91 Å². The van der Waals surface area contributed by atoms with Gasteiger partial charge in [0, 0.05) is 24.1 Å². The SMILES string of the molecule is CCN(CC(N)=O)Cc1ccc(C#CCCO)cc1F. The minimum Gasteiger partial charge on any atom is -0.395 e. The molecule has 0 radical (unpaired) electrons. The third-order valence-electron chi connectivity index (χ3n) is 2.74. The van der Waals surface area contributed by atoms with Crippen LogP contribution in [0.2, 0.25) is 0 Å². The fourth-order valence-electron chi connectivity index (χ4n) is 1.71. The van der Waals surface area contributed by atoms with Gasteiger partial charge in [-0.05, 0) is 18.7 Å². The Labute approximate surface area is 118 Å². The number of carbonyl (C=O) groups excluding carboxylic acids is 1. The average molecular weight is 278 g/mol. The fraction of sp³-hybridized carbons (Fsp3) is 0.400. The van der Waals surface area contributed by atoms with Crippen molar-refractivity contribution in [2.24, 2.45) is 5.73 Å². The first-order chi connectivity index (χ1) is 9.56. The number of aliphatic hydroxyl groups excluding tert-OH is 1. The number of benzene rings is 1. The Hall–Kier alpha value is -1.90. The molecule has 0 heterocycles. The molecular formula is C15H19FN2O2. The zero-order valence-electron chi connectivity index (χ0n) is 11.5. The number of primary amides is 1. The van der Waals surface area contributed by atoms with Gasteiger partial charge in [0.2, 0.25) is 5.91 Å². The van der Waals surface area contributed by atoms with E-state index in [9.17, 15) is 9.18 Å². The van der Waals surface area contributed by atoms with Gasteiger partial charge in [-0.25, -0.2) is 4.39 Å². The second-order valence-corrected chi connectivity index (χ2v) is 4.35. The molecule has 4 nitrogen and oxygen atoms in total. The molecule has 0 bridgehead atoms. The lowest BCUT2D eigenvalue weighted by Gasteiger charge is -2.18. The number of nitrogens with two attached hydrogens (primary N) is 1. The predicted molar refractivity (Wildman–Crippen MR) is 75.1 cm³/mol. The Bertz CT molecular complexity index is 520. The summed E-state index contributed by atoms with van der Waals surface area (Å²) in [5, 5.41) is 8.62. The number of nitrogens with zero attached hydrogens (tertiary/aromatic N) is 1. The van der Waals surface area contributed by atoms with E-state index in [2.05, 4.69) is 11.8 Å². The van der Waals surface area contributed by atoms with Crippen molar-refractivity contribution in [3.63, 3.8) is 0 Å². The summed E-state index contributed by atoms with van der Waals surface area (Å²) >= 11 is 0. The van der Waals surface area contributed by atoms with Crippen molar-refractivity contribution in [1.29, 1.82) is 0 Å². The minimum absolute atomic E-state index is 0.00779. The number of aliphatic hydroxyl groups is 1. The number of carbonyl (C=O) groups is 1. The molecule has 5 heteroatoms. The van der Waals surface area contributed by atoms with Crippen LogP contribution in [0.3, 0.4) is 0 Å². The number of amides is 1. The Morgan fingerprint density at radius 2 is 2.25 bits per heavy atom. The summed E-state index contributed by atoms with van der Waals surface area (Å²) < 4.78 is 13.9. The molecule has 0 aromatic heterocycles. The number of hydrogen-bond donors (Lipinski definition) is 2. The summed E-state index contributed by atoms with van der Waals surface area (Å²) in [5.41, 5.74) is 6.21. The molecule has 0 spiro atoms. The lowest BCUT2D eigenvalue weighted by molar-refractivity contribution is -0.119. The third kappa shape index (κ3) is 5.39. The van der Waals surface area contributed by atoms with Gasteiger partial charge in [-0.1, -0.05) is 24.8 Å². The van der Waals surface area contributed by atoms with Crippen molar-refractivity contribution in [2.45, 2.75) is 19.9 Å². The van der Waals surface area contributed by atoms with E-state index in [4.69, 9.17) is 10.8 Å². The van der Waals surface area contributed by atoms with Crippen LogP contribution in [0.15, 0.2) is 18.2 Å². The van der Waals surface area contributed by atoms with Gasteiger partial charge >= 0.3 is 0 Å². The van der Waals surface area contributed by atoms with Crippen molar-refractivity contribution in [2.75, 3.05) is 19.7 Å². The molecule has 0 aliphatic carbocycles. The van der Waals surface area contributed by atoms with Crippen LogP contribution in [0.4, 0.5) is 4.39 Å². The van der Waals surface area contributed by atoms with Gasteiger partial charge < -0.3 is 10.8 Å². The highest BCUT2D eigenvalue weighted by Gasteiger charge is 2.10. The van der Waals surface area contributed by atoms with Gasteiger partial charge in [-0.2, -0.15) is 0 Å². The van der Waals surface area contributed by atoms with E-state index in [1.54, 1.807) is 17.0 Å². The molecule has 0 saturated heterocycles. The number of halogens is 1. The maximum Gasteiger partial charge on any atom is 0.231 e. The summed E-state index contributed by atoms with van der Waals surface area (Å²) in [4.78, 5) is 12.7. The molecule has 20 heavy (non-hydrogen) atoms. The van der Waals surface area contributed by atoms with Gasteiger partial charge in [0.1, 0.15) is 5.82 Å². The lowest BCUT2D eigenvalue weighted by atomic mass is 10.1. The zero-order valence-corrected chi connectivity index (χ0v) is 11.5. The molecular weight excluding hydrogens is 259 g/mol. The van der Waals surface area contributed by atoms with Crippen LogP contribution in [-0.4, -0.2) is 35.6 Å². The van der Waals surface area contributed by atoms with Gasteiger partial charge in [-0.3, -0.25) is 9.69 Å². The Balaban J connectivity index is 2.77. The van der Waals surface area contributed by atoms with Crippen molar-refractivity contribution in [3.8, 4) is 11.8 Å². The molecule has 0 fully saturated rings.